The van der Waals surface area contributed by atoms with E-state index in [2.05, 4.69) is 20.3 Å². The molecule has 1 aliphatic heterocycles. The van der Waals surface area contributed by atoms with Crippen LogP contribution in [-0.2, 0) is 16.1 Å². The van der Waals surface area contributed by atoms with Crippen LogP contribution in [0.25, 0.3) is 10.6 Å². The molecule has 2 amide bonds. The lowest BCUT2D eigenvalue weighted by atomic mass is 10.1. The molecule has 2 unspecified atom stereocenters. The minimum Gasteiger partial charge on any atom is -0.496 e. The van der Waals surface area contributed by atoms with Gasteiger partial charge in [0.15, 0.2) is 0 Å². The molecular formula is C23H23ClFN5O3S2. The summed E-state index contributed by atoms with van der Waals surface area (Å²) in [7, 11) is 3.37. The second-order valence-corrected chi connectivity index (χ2v) is 10.2. The lowest BCUT2D eigenvalue weighted by Gasteiger charge is -2.34. The van der Waals surface area contributed by atoms with Crippen LogP contribution in [0.4, 0.5) is 10.1 Å². The summed E-state index contributed by atoms with van der Waals surface area (Å²) in [6.45, 7) is 0.315. The molecule has 0 aliphatic carbocycles. The third-order valence-corrected chi connectivity index (χ3v) is 7.62. The van der Waals surface area contributed by atoms with Gasteiger partial charge in [-0.05, 0) is 43.8 Å². The smallest absolute Gasteiger partial charge is 0.242 e. The van der Waals surface area contributed by atoms with Crippen LogP contribution in [0.1, 0.15) is 11.3 Å². The summed E-state index contributed by atoms with van der Waals surface area (Å²) in [4.78, 5) is 31.0. The average Bonchev–Trinajstić information content (AvgIpc) is 3.34. The van der Waals surface area contributed by atoms with Crippen LogP contribution in [0.2, 0.25) is 5.02 Å². The number of hydrogen-bond donors (Lipinski definition) is 3. The molecule has 12 heteroatoms. The predicted octanol–water partition coefficient (Wildman–Crippen LogP) is 4.09. The number of rotatable bonds is 7. The summed E-state index contributed by atoms with van der Waals surface area (Å²) in [6.07, 6.45) is 1.98. The highest BCUT2D eigenvalue weighted by molar-refractivity contribution is 7.95. The van der Waals surface area contributed by atoms with Crippen molar-refractivity contribution >= 4 is 52.6 Å². The van der Waals surface area contributed by atoms with Crippen molar-refractivity contribution in [2.45, 2.75) is 25.0 Å². The van der Waals surface area contributed by atoms with E-state index in [-0.39, 0.29) is 23.3 Å². The minimum atomic E-state index is -0.582. The zero-order chi connectivity index (χ0) is 24.9. The van der Waals surface area contributed by atoms with Gasteiger partial charge in [0, 0.05) is 28.9 Å². The highest BCUT2D eigenvalue weighted by Crippen LogP contribution is 2.32. The number of benzene rings is 2. The topological polar surface area (TPSA) is 95.6 Å². The standard InChI is InChI=1S/C23H23ClFN5O3S2/c1-30-19(22(32)28-13-7-8-17(25)16(24)9-13)10-18(29-35-30)21(31)26-11-14-12-27-23(34-14)15-5-3-4-6-20(15)33-2/h3-9,12,18-19,29H,10-11H2,1-2H3,(H,26,31)(H,28,32). The number of likely N-dealkylation sites (N-methyl/N-ethyl adjacent to an activating group) is 1. The lowest BCUT2D eigenvalue weighted by molar-refractivity contribution is -0.124. The van der Waals surface area contributed by atoms with Crippen LogP contribution in [0, 0.1) is 5.82 Å². The third-order valence-electron chi connectivity index (χ3n) is 5.37. The Bertz CT molecular complexity index is 1230. The molecule has 1 aliphatic rings. The van der Waals surface area contributed by atoms with Gasteiger partial charge in [0.2, 0.25) is 11.8 Å². The van der Waals surface area contributed by atoms with Gasteiger partial charge in [-0.15, -0.1) is 11.3 Å². The van der Waals surface area contributed by atoms with E-state index in [1.165, 1.54) is 41.7 Å². The van der Waals surface area contributed by atoms with E-state index in [4.69, 9.17) is 16.3 Å². The van der Waals surface area contributed by atoms with Gasteiger partial charge < -0.3 is 15.4 Å². The van der Waals surface area contributed by atoms with E-state index < -0.39 is 17.9 Å². The maximum absolute atomic E-state index is 13.4. The molecule has 0 saturated carbocycles. The number of carbonyl (C=O) groups excluding carboxylic acids is 2. The van der Waals surface area contributed by atoms with Gasteiger partial charge in [-0.3, -0.25) is 9.59 Å². The largest absolute Gasteiger partial charge is 0.496 e. The molecule has 8 nitrogen and oxygen atoms in total. The van der Waals surface area contributed by atoms with Crippen LogP contribution in [0.3, 0.4) is 0 Å². The molecule has 1 fully saturated rings. The van der Waals surface area contributed by atoms with E-state index in [9.17, 15) is 14.0 Å². The molecule has 1 saturated heterocycles. The van der Waals surface area contributed by atoms with E-state index in [0.717, 1.165) is 21.2 Å². The predicted molar refractivity (Wildman–Crippen MR) is 137 cm³/mol. The highest BCUT2D eigenvalue weighted by Gasteiger charge is 2.35. The second-order valence-electron chi connectivity index (χ2n) is 7.73. The molecule has 2 atom stereocenters. The number of carbonyl (C=O) groups is 2. The zero-order valence-corrected chi connectivity index (χ0v) is 21.3. The molecule has 2 heterocycles. The maximum Gasteiger partial charge on any atom is 0.242 e. The first-order chi connectivity index (χ1) is 16.9. The molecule has 2 aromatic carbocycles. The SMILES string of the molecule is COc1ccccc1-c1ncc(CNC(=O)C2CC(C(=O)Nc3ccc(F)c(Cl)c3)N(C)SN2)s1. The molecule has 0 spiro atoms. The van der Waals surface area contributed by atoms with Crippen LogP contribution < -0.4 is 20.1 Å². The second kappa shape index (κ2) is 11.4. The molecule has 0 radical (unpaired) electrons. The van der Waals surface area contributed by atoms with Crippen molar-refractivity contribution in [3.8, 4) is 16.3 Å². The van der Waals surface area contributed by atoms with Crippen molar-refractivity contribution in [2.75, 3.05) is 19.5 Å². The Morgan fingerprint density at radius 3 is 2.86 bits per heavy atom. The fraction of sp³-hybridized carbons (Fsp3) is 0.261. The summed E-state index contributed by atoms with van der Waals surface area (Å²) >= 11 is 8.46. The fourth-order valence-corrected chi connectivity index (χ4v) is 5.36. The van der Waals surface area contributed by atoms with Crippen molar-refractivity contribution in [1.82, 2.24) is 19.3 Å². The highest BCUT2D eigenvalue weighted by atomic mass is 35.5. The average molecular weight is 536 g/mol. The first-order valence-electron chi connectivity index (χ1n) is 10.6. The Morgan fingerprint density at radius 2 is 2.09 bits per heavy atom. The van der Waals surface area contributed by atoms with E-state index >= 15 is 0 Å². The first kappa shape index (κ1) is 25.4. The maximum atomic E-state index is 13.4. The van der Waals surface area contributed by atoms with Gasteiger partial charge in [-0.1, -0.05) is 23.7 Å². The van der Waals surface area contributed by atoms with Crippen molar-refractivity contribution in [2.24, 2.45) is 0 Å². The van der Waals surface area contributed by atoms with Gasteiger partial charge in [0.05, 0.1) is 30.3 Å². The van der Waals surface area contributed by atoms with Gasteiger partial charge in [0.1, 0.15) is 22.6 Å². The zero-order valence-electron chi connectivity index (χ0n) is 18.9. The minimum absolute atomic E-state index is 0.0787. The molecule has 184 valence electrons. The molecule has 4 rings (SSSR count). The van der Waals surface area contributed by atoms with Crippen molar-refractivity contribution < 1.29 is 18.7 Å². The monoisotopic (exact) mass is 535 g/mol. The summed E-state index contributed by atoms with van der Waals surface area (Å²) in [5.74, 6) is -0.365. The normalized spacial score (nSPS) is 18.2. The number of amides is 2. The number of aromatic nitrogens is 1. The van der Waals surface area contributed by atoms with Gasteiger partial charge in [-0.2, -0.15) is 0 Å². The Kier molecular flexibility index (Phi) is 8.24. The molecule has 3 aromatic rings. The van der Waals surface area contributed by atoms with Crippen LogP contribution in [-0.4, -0.2) is 47.3 Å². The Hall–Kier alpha value is -2.70. The molecule has 1 aromatic heterocycles. The molecule has 3 N–H and O–H groups in total. The molecule has 35 heavy (non-hydrogen) atoms. The van der Waals surface area contributed by atoms with E-state index in [1.807, 2.05) is 24.3 Å². The van der Waals surface area contributed by atoms with Gasteiger partial charge >= 0.3 is 0 Å². The van der Waals surface area contributed by atoms with Crippen LogP contribution >= 0.6 is 35.1 Å². The summed E-state index contributed by atoms with van der Waals surface area (Å²) < 4.78 is 23.6. The number of hydrogen-bond acceptors (Lipinski definition) is 8. The number of halogens is 2. The number of anilines is 1. The van der Waals surface area contributed by atoms with Crippen molar-refractivity contribution in [3.63, 3.8) is 0 Å². The lowest BCUT2D eigenvalue weighted by Crippen LogP contribution is -2.53. The van der Waals surface area contributed by atoms with E-state index in [0.29, 0.717) is 12.2 Å². The fourth-order valence-electron chi connectivity index (χ4n) is 3.49. The third kappa shape index (κ3) is 6.11. The molecular weight excluding hydrogens is 513 g/mol. The molecule has 0 bridgehead atoms. The summed E-state index contributed by atoms with van der Waals surface area (Å²) in [5, 5.41) is 6.37. The number of methoxy groups -OCH3 is 1. The van der Waals surface area contributed by atoms with Crippen LogP contribution in [0.5, 0.6) is 5.75 Å². The van der Waals surface area contributed by atoms with Crippen LogP contribution in [0.15, 0.2) is 48.7 Å². The number of thiazole rings is 1. The number of ether oxygens (including phenoxy) is 1. The summed E-state index contributed by atoms with van der Waals surface area (Å²) in [6, 6.07) is 10.4. The Labute approximate surface area is 215 Å². The van der Waals surface area contributed by atoms with Crippen molar-refractivity contribution in [3.05, 3.63) is 64.4 Å². The van der Waals surface area contributed by atoms with Gasteiger partial charge in [0.25, 0.3) is 0 Å². The number of nitrogens with zero attached hydrogens (tertiary/aromatic N) is 2. The first-order valence-corrected chi connectivity index (χ1v) is 12.6. The Morgan fingerprint density at radius 1 is 1.29 bits per heavy atom. The number of nitrogens with one attached hydrogen (secondary N) is 3. The quantitative estimate of drug-likeness (QED) is 0.392. The summed E-state index contributed by atoms with van der Waals surface area (Å²) in [5.41, 5.74) is 1.28. The Balaban J connectivity index is 1.34. The van der Waals surface area contributed by atoms with Crippen molar-refractivity contribution in [1.29, 1.82) is 0 Å². The van der Waals surface area contributed by atoms with E-state index in [1.54, 1.807) is 24.7 Å². The number of para-hydroxylation sites is 1. The van der Waals surface area contributed by atoms with Gasteiger partial charge in [-0.25, -0.2) is 18.4 Å².